The summed E-state index contributed by atoms with van der Waals surface area (Å²) in [7, 11) is 3.12. The molecule has 0 radical (unpaired) electrons. The van der Waals surface area contributed by atoms with E-state index in [1.165, 1.54) is 7.11 Å². The Labute approximate surface area is 151 Å². The molecule has 0 amide bonds. The molecule has 0 aliphatic carbocycles. The molecule has 2 aromatic carbocycles. The van der Waals surface area contributed by atoms with Crippen LogP contribution in [0.25, 0.3) is 22.3 Å². The lowest BCUT2D eigenvalue weighted by molar-refractivity contribution is -0.0979. The van der Waals surface area contributed by atoms with Crippen molar-refractivity contribution >= 4 is 17.8 Å². The minimum absolute atomic E-state index is 0.0845. The van der Waals surface area contributed by atoms with E-state index in [1.54, 1.807) is 25.3 Å². The van der Waals surface area contributed by atoms with Gasteiger partial charge in [0.1, 0.15) is 12.5 Å². The molecule has 3 rings (SSSR count). The Morgan fingerprint density at radius 1 is 1.04 bits per heavy atom. The number of hydrogen-bond acceptors (Lipinski definition) is 6. The second-order valence-electron chi connectivity index (χ2n) is 5.54. The first-order valence-electron chi connectivity index (χ1n) is 8.04. The van der Waals surface area contributed by atoms with Gasteiger partial charge in [-0.05, 0) is 54.8 Å². The zero-order chi connectivity index (χ0) is 19.1. The number of rotatable bonds is 6. The molecule has 1 heterocycles. The third kappa shape index (κ3) is 3.97. The summed E-state index contributed by atoms with van der Waals surface area (Å²) in [5.74, 6) is 1.81. The monoisotopic (exact) mass is 358 g/mol. The van der Waals surface area contributed by atoms with Crippen molar-refractivity contribution in [3.8, 4) is 28.6 Å². The fourth-order valence-electron chi connectivity index (χ4n) is 2.73. The summed E-state index contributed by atoms with van der Waals surface area (Å²) >= 11 is 0. The fraction of sp³-hybridized carbons (Fsp3) is 0.250. The first kappa shape index (κ1) is 19.3. The molecule has 0 aliphatic heterocycles. The van der Waals surface area contributed by atoms with Gasteiger partial charge >= 0.3 is 0 Å². The topological polar surface area (TPSA) is 89.1 Å². The van der Waals surface area contributed by atoms with Crippen LogP contribution in [-0.4, -0.2) is 37.8 Å². The second kappa shape index (κ2) is 8.92. The largest absolute Gasteiger partial charge is 0.504 e. The second-order valence-corrected chi connectivity index (χ2v) is 5.54. The summed E-state index contributed by atoms with van der Waals surface area (Å²) in [5.41, 5.74) is 2.57. The van der Waals surface area contributed by atoms with Gasteiger partial charge in [0.15, 0.2) is 22.8 Å². The summed E-state index contributed by atoms with van der Waals surface area (Å²) in [6.45, 7) is 2.16. The van der Waals surface area contributed by atoms with E-state index >= 15 is 0 Å². The third-order valence-electron chi connectivity index (χ3n) is 3.95. The lowest BCUT2D eigenvalue weighted by Gasteiger charge is -2.05. The maximum Gasteiger partial charge on any atom is 0.176 e. The molecule has 0 saturated heterocycles. The van der Waals surface area contributed by atoms with E-state index in [0.29, 0.717) is 29.3 Å². The number of furan rings is 1. The molecular formula is C20H22O6. The quantitative estimate of drug-likeness (QED) is 0.700. The number of aliphatic hydroxyl groups is 1. The Kier molecular flexibility index (Phi) is 6.63. The number of carbonyl (C=O) groups excluding carboxylic acids is 1. The van der Waals surface area contributed by atoms with E-state index in [0.717, 1.165) is 22.9 Å². The molecule has 3 aromatic rings. The molecule has 1 aromatic heterocycles. The van der Waals surface area contributed by atoms with Crippen LogP contribution in [0.4, 0.5) is 0 Å². The van der Waals surface area contributed by atoms with Gasteiger partial charge in [-0.2, -0.15) is 0 Å². The average molecular weight is 358 g/mol. The molecule has 0 aliphatic rings. The van der Waals surface area contributed by atoms with Gasteiger partial charge in [-0.1, -0.05) is 0 Å². The van der Waals surface area contributed by atoms with Crippen LogP contribution < -0.4 is 9.47 Å². The van der Waals surface area contributed by atoms with Crippen molar-refractivity contribution in [1.29, 1.82) is 0 Å². The Balaban J connectivity index is 0.00000117. The van der Waals surface area contributed by atoms with Gasteiger partial charge in [0.25, 0.3) is 0 Å². The minimum atomic E-state index is 0.0845. The van der Waals surface area contributed by atoms with Crippen LogP contribution in [0.1, 0.15) is 12.0 Å². The average Bonchev–Trinajstić information content (AvgIpc) is 3.11. The van der Waals surface area contributed by atoms with E-state index in [1.807, 2.05) is 25.0 Å². The number of aromatic hydroxyl groups is 1. The molecule has 6 heteroatoms. The smallest absolute Gasteiger partial charge is 0.176 e. The van der Waals surface area contributed by atoms with Crippen LogP contribution in [0.15, 0.2) is 40.8 Å². The van der Waals surface area contributed by atoms with Crippen LogP contribution >= 0.6 is 0 Å². The highest BCUT2D eigenvalue weighted by Gasteiger charge is 2.14. The van der Waals surface area contributed by atoms with E-state index < -0.39 is 0 Å². The highest BCUT2D eigenvalue weighted by molar-refractivity contribution is 5.88. The van der Waals surface area contributed by atoms with Gasteiger partial charge in [-0.15, -0.1) is 0 Å². The molecule has 138 valence electrons. The maximum atomic E-state index is 9.73. The molecule has 0 spiro atoms. The van der Waals surface area contributed by atoms with E-state index in [9.17, 15) is 5.11 Å². The predicted molar refractivity (Wildman–Crippen MR) is 98.9 cm³/mol. The zero-order valence-electron chi connectivity index (χ0n) is 14.8. The number of methoxy groups -OCH3 is 2. The molecule has 0 unspecified atom stereocenters. The highest BCUT2D eigenvalue weighted by Crippen LogP contribution is 2.37. The molecule has 0 fully saturated rings. The number of benzene rings is 2. The SMILES string of the molecule is C=O.COc1cc(-c2cc3cc(CCCO)cc(OC)c3o2)ccc1O. The summed E-state index contributed by atoms with van der Waals surface area (Å²) in [6, 6.07) is 11.0. The fourth-order valence-corrected chi connectivity index (χ4v) is 2.73. The molecule has 0 saturated carbocycles. The first-order chi connectivity index (χ1) is 12.7. The number of ether oxygens (including phenoxy) is 2. The lowest BCUT2D eigenvalue weighted by Crippen LogP contribution is -1.91. The van der Waals surface area contributed by atoms with E-state index in [-0.39, 0.29) is 12.4 Å². The Bertz CT molecular complexity index is 868. The van der Waals surface area contributed by atoms with Gasteiger partial charge in [0, 0.05) is 17.6 Å². The standard InChI is InChI=1S/C19H20O5.CH2O/c1-22-17-10-13(5-6-15(17)21)16-11-14-8-12(4-3-7-20)9-18(23-2)19(14)24-16;1-2/h5-6,8-11,20-21H,3-4,7H2,1-2H3;1H2. The summed E-state index contributed by atoms with van der Waals surface area (Å²) < 4.78 is 16.6. The Hall–Kier alpha value is -2.99. The summed E-state index contributed by atoms with van der Waals surface area (Å²) in [5, 5.41) is 19.7. The van der Waals surface area contributed by atoms with Crippen molar-refractivity contribution in [1.82, 2.24) is 0 Å². The van der Waals surface area contributed by atoms with Crippen molar-refractivity contribution in [3.05, 3.63) is 42.0 Å². The van der Waals surface area contributed by atoms with Gasteiger partial charge in [0.05, 0.1) is 14.2 Å². The number of carbonyl (C=O) groups is 1. The van der Waals surface area contributed by atoms with Crippen molar-refractivity contribution < 1.29 is 28.9 Å². The minimum Gasteiger partial charge on any atom is -0.504 e. The van der Waals surface area contributed by atoms with E-state index in [4.69, 9.17) is 23.8 Å². The normalized spacial score (nSPS) is 10.3. The number of phenols is 1. The van der Waals surface area contributed by atoms with Crippen LogP contribution in [-0.2, 0) is 11.2 Å². The lowest BCUT2D eigenvalue weighted by atomic mass is 10.1. The van der Waals surface area contributed by atoms with Crippen LogP contribution in [0, 0.1) is 0 Å². The van der Waals surface area contributed by atoms with Gasteiger partial charge in [-0.25, -0.2) is 0 Å². The zero-order valence-corrected chi connectivity index (χ0v) is 14.8. The number of phenolic OH excluding ortho intramolecular Hbond substituents is 1. The summed E-state index contributed by atoms with van der Waals surface area (Å²) in [6.07, 6.45) is 1.48. The van der Waals surface area contributed by atoms with Crippen LogP contribution in [0.5, 0.6) is 17.2 Å². The Morgan fingerprint density at radius 3 is 2.42 bits per heavy atom. The third-order valence-corrected chi connectivity index (χ3v) is 3.95. The van der Waals surface area contributed by atoms with Crippen molar-refractivity contribution in [2.45, 2.75) is 12.8 Å². The van der Waals surface area contributed by atoms with Crippen molar-refractivity contribution in [2.24, 2.45) is 0 Å². The van der Waals surface area contributed by atoms with Crippen molar-refractivity contribution in [2.75, 3.05) is 20.8 Å². The molecule has 0 atom stereocenters. The van der Waals surface area contributed by atoms with Gasteiger partial charge in [-0.3, -0.25) is 0 Å². The number of hydrogen-bond donors (Lipinski definition) is 2. The number of aryl methyl sites for hydroxylation is 1. The molecular weight excluding hydrogens is 336 g/mol. The van der Waals surface area contributed by atoms with Crippen LogP contribution in [0.2, 0.25) is 0 Å². The molecule has 6 nitrogen and oxygen atoms in total. The Morgan fingerprint density at radius 2 is 1.77 bits per heavy atom. The highest BCUT2D eigenvalue weighted by atomic mass is 16.5. The van der Waals surface area contributed by atoms with Crippen LogP contribution in [0.3, 0.4) is 0 Å². The van der Waals surface area contributed by atoms with Gasteiger partial charge in [0.2, 0.25) is 0 Å². The van der Waals surface area contributed by atoms with E-state index in [2.05, 4.69) is 0 Å². The maximum absolute atomic E-state index is 9.73. The number of aliphatic hydroxyl groups excluding tert-OH is 1. The molecule has 2 N–H and O–H groups in total. The first-order valence-corrected chi connectivity index (χ1v) is 8.04. The molecule has 0 bridgehead atoms. The van der Waals surface area contributed by atoms with Crippen molar-refractivity contribution in [3.63, 3.8) is 0 Å². The number of fused-ring (bicyclic) bond motifs is 1. The summed E-state index contributed by atoms with van der Waals surface area (Å²) in [4.78, 5) is 8.00. The predicted octanol–water partition coefficient (Wildman–Crippen LogP) is 3.56. The molecule has 26 heavy (non-hydrogen) atoms. The van der Waals surface area contributed by atoms with Gasteiger partial charge < -0.3 is 28.9 Å².